The van der Waals surface area contributed by atoms with Crippen LogP contribution in [-0.4, -0.2) is 20.8 Å². The lowest BCUT2D eigenvalue weighted by Gasteiger charge is -2.16. The zero-order valence-corrected chi connectivity index (χ0v) is 9.83. The van der Waals surface area contributed by atoms with E-state index >= 15 is 0 Å². The Kier molecular flexibility index (Phi) is 4.59. The van der Waals surface area contributed by atoms with Crippen LogP contribution in [0.2, 0.25) is 0 Å². The number of benzene rings is 1. The maximum Gasteiger partial charge on any atom is 0.133 e. The van der Waals surface area contributed by atoms with Crippen molar-refractivity contribution in [2.75, 3.05) is 20.8 Å². The van der Waals surface area contributed by atoms with E-state index in [-0.39, 0.29) is 6.23 Å². The average molecular weight is 209 g/mol. The van der Waals surface area contributed by atoms with Crippen molar-refractivity contribution in [1.29, 1.82) is 0 Å². The summed E-state index contributed by atoms with van der Waals surface area (Å²) in [6.07, 6.45) is -0.0561. The summed E-state index contributed by atoms with van der Waals surface area (Å²) in [6.45, 7) is 4.72. The van der Waals surface area contributed by atoms with E-state index < -0.39 is 0 Å². The SMILES string of the molecule is CCOc1ccc(C(NC)OC)cc1C. The van der Waals surface area contributed by atoms with Crippen molar-refractivity contribution in [2.45, 2.75) is 20.1 Å². The number of rotatable bonds is 5. The Labute approximate surface area is 91.4 Å². The number of hydrogen-bond acceptors (Lipinski definition) is 3. The van der Waals surface area contributed by atoms with Gasteiger partial charge in [0.2, 0.25) is 0 Å². The minimum Gasteiger partial charge on any atom is -0.494 e. The minimum atomic E-state index is -0.0561. The predicted octanol–water partition coefficient (Wildman–Crippen LogP) is 2.26. The van der Waals surface area contributed by atoms with Crippen LogP contribution in [0.5, 0.6) is 5.75 Å². The summed E-state index contributed by atoms with van der Waals surface area (Å²) < 4.78 is 10.8. The third-order valence-corrected chi connectivity index (χ3v) is 2.30. The van der Waals surface area contributed by atoms with Crippen LogP contribution in [0.25, 0.3) is 0 Å². The van der Waals surface area contributed by atoms with Gasteiger partial charge >= 0.3 is 0 Å². The highest BCUT2D eigenvalue weighted by Gasteiger charge is 2.09. The second kappa shape index (κ2) is 5.73. The zero-order valence-electron chi connectivity index (χ0n) is 9.83. The van der Waals surface area contributed by atoms with Gasteiger partial charge in [-0.15, -0.1) is 0 Å². The van der Waals surface area contributed by atoms with Gasteiger partial charge in [0.05, 0.1) is 6.61 Å². The molecule has 84 valence electrons. The van der Waals surface area contributed by atoms with Crippen molar-refractivity contribution in [2.24, 2.45) is 0 Å². The topological polar surface area (TPSA) is 30.5 Å². The van der Waals surface area contributed by atoms with E-state index in [9.17, 15) is 0 Å². The molecule has 1 atom stereocenters. The predicted molar refractivity (Wildman–Crippen MR) is 61.2 cm³/mol. The van der Waals surface area contributed by atoms with Crippen LogP contribution in [0.4, 0.5) is 0 Å². The molecule has 3 heteroatoms. The van der Waals surface area contributed by atoms with Gasteiger partial charge in [0, 0.05) is 7.11 Å². The van der Waals surface area contributed by atoms with Crippen LogP contribution in [0.15, 0.2) is 18.2 Å². The second-order valence-electron chi connectivity index (χ2n) is 3.36. The van der Waals surface area contributed by atoms with Crippen LogP contribution in [0.3, 0.4) is 0 Å². The molecule has 0 radical (unpaired) electrons. The molecule has 0 fully saturated rings. The molecule has 0 heterocycles. The number of aryl methyl sites for hydroxylation is 1. The fourth-order valence-electron chi connectivity index (χ4n) is 1.57. The third kappa shape index (κ3) is 2.94. The van der Waals surface area contributed by atoms with Crippen LogP contribution in [0, 0.1) is 6.92 Å². The molecule has 1 unspecified atom stereocenters. The Morgan fingerprint density at radius 3 is 2.60 bits per heavy atom. The van der Waals surface area contributed by atoms with Gasteiger partial charge in [0.15, 0.2) is 0 Å². The highest BCUT2D eigenvalue weighted by molar-refractivity contribution is 5.36. The molecule has 0 saturated heterocycles. The van der Waals surface area contributed by atoms with Crippen LogP contribution in [0.1, 0.15) is 24.3 Å². The minimum absolute atomic E-state index is 0.0561. The van der Waals surface area contributed by atoms with Crippen molar-refractivity contribution in [3.8, 4) is 5.75 Å². The van der Waals surface area contributed by atoms with E-state index in [1.807, 2.05) is 33.0 Å². The van der Waals surface area contributed by atoms with E-state index in [0.717, 1.165) is 16.9 Å². The van der Waals surface area contributed by atoms with Gasteiger partial charge in [0.25, 0.3) is 0 Å². The normalized spacial score (nSPS) is 12.5. The number of ether oxygens (including phenoxy) is 2. The first-order valence-electron chi connectivity index (χ1n) is 5.16. The molecule has 1 aromatic rings. The Morgan fingerprint density at radius 1 is 1.40 bits per heavy atom. The fourth-order valence-corrected chi connectivity index (χ4v) is 1.57. The number of nitrogens with one attached hydrogen (secondary N) is 1. The van der Waals surface area contributed by atoms with Gasteiger partial charge in [-0.3, -0.25) is 5.32 Å². The molecule has 0 aliphatic carbocycles. The van der Waals surface area contributed by atoms with Gasteiger partial charge in [-0.1, -0.05) is 6.07 Å². The smallest absolute Gasteiger partial charge is 0.133 e. The molecule has 0 saturated carbocycles. The molecule has 0 spiro atoms. The summed E-state index contributed by atoms with van der Waals surface area (Å²) in [5.41, 5.74) is 2.24. The molecule has 15 heavy (non-hydrogen) atoms. The summed E-state index contributed by atoms with van der Waals surface area (Å²) in [5.74, 6) is 0.937. The number of methoxy groups -OCH3 is 1. The van der Waals surface area contributed by atoms with Gasteiger partial charge in [-0.05, 0) is 44.2 Å². The molecule has 3 nitrogen and oxygen atoms in total. The monoisotopic (exact) mass is 209 g/mol. The molecule has 1 aromatic carbocycles. The largest absolute Gasteiger partial charge is 0.494 e. The molecule has 1 rings (SSSR count). The Morgan fingerprint density at radius 2 is 2.13 bits per heavy atom. The lowest BCUT2D eigenvalue weighted by atomic mass is 10.1. The van der Waals surface area contributed by atoms with E-state index in [0.29, 0.717) is 6.61 Å². The standard InChI is InChI=1S/C12H19NO2/c1-5-15-11-7-6-10(8-9(11)2)12(13-3)14-4/h6-8,12-13H,5H2,1-4H3. The molecular weight excluding hydrogens is 190 g/mol. The molecule has 0 amide bonds. The van der Waals surface area contributed by atoms with Crippen LogP contribution >= 0.6 is 0 Å². The molecule has 1 N–H and O–H groups in total. The molecule has 0 aliphatic rings. The summed E-state index contributed by atoms with van der Waals surface area (Å²) in [7, 11) is 3.56. The van der Waals surface area contributed by atoms with Crippen molar-refractivity contribution in [1.82, 2.24) is 5.32 Å². The van der Waals surface area contributed by atoms with E-state index in [4.69, 9.17) is 9.47 Å². The van der Waals surface area contributed by atoms with Gasteiger partial charge in [-0.2, -0.15) is 0 Å². The Hall–Kier alpha value is -1.06. The quantitative estimate of drug-likeness (QED) is 0.754. The van der Waals surface area contributed by atoms with Crippen LogP contribution in [-0.2, 0) is 4.74 Å². The van der Waals surface area contributed by atoms with Gasteiger partial charge in [0.1, 0.15) is 12.0 Å². The summed E-state index contributed by atoms with van der Waals surface area (Å²) in [4.78, 5) is 0. The van der Waals surface area contributed by atoms with E-state index in [1.165, 1.54) is 0 Å². The second-order valence-corrected chi connectivity index (χ2v) is 3.36. The Balaban J connectivity index is 2.89. The van der Waals surface area contributed by atoms with Crippen molar-refractivity contribution in [3.63, 3.8) is 0 Å². The van der Waals surface area contributed by atoms with E-state index in [2.05, 4.69) is 11.4 Å². The highest BCUT2D eigenvalue weighted by atomic mass is 16.5. The molecule has 0 bridgehead atoms. The highest BCUT2D eigenvalue weighted by Crippen LogP contribution is 2.22. The summed E-state index contributed by atoms with van der Waals surface area (Å²) in [5, 5.41) is 3.08. The van der Waals surface area contributed by atoms with Crippen LogP contribution < -0.4 is 10.1 Å². The number of hydrogen-bond donors (Lipinski definition) is 1. The fraction of sp³-hybridized carbons (Fsp3) is 0.500. The van der Waals surface area contributed by atoms with Gasteiger partial charge < -0.3 is 9.47 Å². The first-order valence-corrected chi connectivity index (χ1v) is 5.16. The summed E-state index contributed by atoms with van der Waals surface area (Å²) in [6, 6.07) is 6.08. The van der Waals surface area contributed by atoms with Crippen molar-refractivity contribution >= 4 is 0 Å². The third-order valence-electron chi connectivity index (χ3n) is 2.30. The zero-order chi connectivity index (χ0) is 11.3. The first-order chi connectivity index (χ1) is 7.22. The maximum atomic E-state index is 5.48. The van der Waals surface area contributed by atoms with Crippen molar-refractivity contribution in [3.05, 3.63) is 29.3 Å². The average Bonchev–Trinajstić information content (AvgIpc) is 2.24. The molecule has 0 aromatic heterocycles. The van der Waals surface area contributed by atoms with Gasteiger partial charge in [-0.25, -0.2) is 0 Å². The molecular formula is C12H19NO2. The van der Waals surface area contributed by atoms with Crippen molar-refractivity contribution < 1.29 is 9.47 Å². The lowest BCUT2D eigenvalue weighted by molar-refractivity contribution is 0.0808. The first kappa shape index (κ1) is 12.0. The lowest BCUT2D eigenvalue weighted by Crippen LogP contribution is -2.18. The molecule has 0 aliphatic heterocycles. The summed E-state index contributed by atoms with van der Waals surface area (Å²) >= 11 is 0. The van der Waals surface area contributed by atoms with E-state index in [1.54, 1.807) is 7.11 Å². The maximum absolute atomic E-state index is 5.48. The Bertz CT molecular complexity index is 308.